The molecule has 1 aromatic heterocycles. The van der Waals surface area contributed by atoms with Gasteiger partial charge in [0.15, 0.2) is 0 Å². The third-order valence-electron chi connectivity index (χ3n) is 4.96. The molecule has 2 heterocycles. The predicted molar refractivity (Wildman–Crippen MR) is 85.4 cm³/mol. The number of nitrogens with zero attached hydrogens (tertiary/aromatic N) is 2. The van der Waals surface area contributed by atoms with Crippen molar-refractivity contribution in [2.45, 2.75) is 25.7 Å². The molecule has 1 aromatic carbocycles. The Morgan fingerprint density at radius 1 is 1.22 bits per heavy atom. The number of hydrogen-bond donors (Lipinski definition) is 1. The summed E-state index contributed by atoms with van der Waals surface area (Å²) in [5, 5.41) is 10.0. The SMILES string of the molecule is O=C(O)C1CCN(C(=O)c2c3c(nc4ccccc24)CCC3)C1. The fraction of sp³-hybridized carbons (Fsp3) is 0.389. The number of aliphatic carboxylic acids is 1. The second-order valence-electron chi connectivity index (χ2n) is 6.36. The molecule has 0 bridgehead atoms. The number of rotatable bonds is 2. The Labute approximate surface area is 133 Å². The van der Waals surface area contributed by atoms with E-state index in [1.165, 1.54) is 0 Å². The molecular weight excluding hydrogens is 292 g/mol. The average molecular weight is 310 g/mol. The van der Waals surface area contributed by atoms with Crippen molar-refractivity contribution in [1.29, 1.82) is 0 Å². The van der Waals surface area contributed by atoms with Crippen molar-refractivity contribution in [2.75, 3.05) is 13.1 Å². The highest BCUT2D eigenvalue weighted by atomic mass is 16.4. The van der Waals surface area contributed by atoms with Crippen LogP contribution in [0.15, 0.2) is 24.3 Å². The molecule has 2 aromatic rings. The highest BCUT2D eigenvalue weighted by Gasteiger charge is 2.34. The van der Waals surface area contributed by atoms with Crippen molar-refractivity contribution in [3.8, 4) is 0 Å². The highest BCUT2D eigenvalue weighted by molar-refractivity contribution is 6.08. The fourth-order valence-corrected chi connectivity index (χ4v) is 3.76. The summed E-state index contributed by atoms with van der Waals surface area (Å²) in [7, 11) is 0. The molecule has 2 aliphatic rings. The van der Waals surface area contributed by atoms with Gasteiger partial charge in [-0.2, -0.15) is 0 Å². The van der Waals surface area contributed by atoms with Gasteiger partial charge in [0.2, 0.25) is 0 Å². The van der Waals surface area contributed by atoms with Gasteiger partial charge in [-0.1, -0.05) is 18.2 Å². The second kappa shape index (κ2) is 5.33. The monoisotopic (exact) mass is 310 g/mol. The number of para-hydroxylation sites is 1. The summed E-state index contributed by atoms with van der Waals surface area (Å²) in [6, 6.07) is 7.74. The summed E-state index contributed by atoms with van der Waals surface area (Å²) in [5.74, 6) is -1.30. The van der Waals surface area contributed by atoms with Crippen molar-refractivity contribution in [1.82, 2.24) is 9.88 Å². The Morgan fingerprint density at radius 2 is 2.04 bits per heavy atom. The number of carboxylic acids is 1. The molecule has 1 atom stereocenters. The van der Waals surface area contributed by atoms with Gasteiger partial charge in [-0.15, -0.1) is 0 Å². The zero-order valence-electron chi connectivity index (χ0n) is 12.8. The summed E-state index contributed by atoms with van der Waals surface area (Å²) in [6.07, 6.45) is 3.35. The molecule has 118 valence electrons. The van der Waals surface area contributed by atoms with Crippen molar-refractivity contribution in [2.24, 2.45) is 5.92 Å². The van der Waals surface area contributed by atoms with E-state index in [0.29, 0.717) is 19.5 Å². The number of amides is 1. The standard InChI is InChI=1S/C18H18N2O3/c21-17(20-9-8-11(10-20)18(22)23)16-12-4-1-2-6-14(12)19-15-7-3-5-13(15)16/h1-2,4,6,11H,3,5,7-10H2,(H,22,23). The largest absolute Gasteiger partial charge is 0.481 e. The number of hydrogen-bond acceptors (Lipinski definition) is 3. The number of likely N-dealkylation sites (tertiary alicyclic amines) is 1. The minimum atomic E-state index is -0.815. The summed E-state index contributed by atoms with van der Waals surface area (Å²) in [5.41, 5.74) is 3.69. The smallest absolute Gasteiger partial charge is 0.308 e. The molecule has 4 rings (SSSR count). The van der Waals surface area contributed by atoms with Crippen LogP contribution in [0.25, 0.3) is 10.9 Å². The zero-order valence-corrected chi connectivity index (χ0v) is 12.8. The second-order valence-corrected chi connectivity index (χ2v) is 6.36. The van der Waals surface area contributed by atoms with E-state index >= 15 is 0 Å². The van der Waals surface area contributed by atoms with Gasteiger partial charge in [0, 0.05) is 24.2 Å². The van der Waals surface area contributed by atoms with Crippen LogP contribution >= 0.6 is 0 Å². The molecule has 1 fully saturated rings. The van der Waals surface area contributed by atoms with Gasteiger partial charge in [-0.25, -0.2) is 0 Å². The minimum Gasteiger partial charge on any atom is -0.481 e. The number of carboxylic acid groups (broad SMARTS) is 1. The lowest BCUT2D eigenvalue weighted by molar-refractivity contribution is -0.141. The molecule has 1 aliphatic heterocycles. The molecule has 5 heteroatoms. The summed E-state index contributed by atoms with van der Waals surface area (Å²) in [4.78, 5) is 30.6. The van der Waals surface area contributed by atoms with Gasteiger partial charge >= 0.3 is 5.97 Å². The van der Waals surface area contributed by atoms with Crippen LogP contribution in [-0.2, 0) is 17.6 Å². The molecule has 0 radical (unpaired) electrons. The van der Waals surface area contributed by atoms with Crippen molar-refractivity contribution >= 4 is 22.8 Å². The number of fused-ring (bicyclic) bond motifs is 2. The summed E-state index contributed by atoms with van der Waals surface area (Å²) in [6.45, 7) is 0.820. The first kappa shape index (κ1) is 14.2. The molecule has 1 unspecified atom stereocenters. The van der Waals surface area contributed by atoms with E-state index in [4.69, 9.17) is 10.1 Å². The number of benzene rings is 1. The van der Waals surface area contributed by atoms with E-state index < -0.39 is 11.9 Å². The van der Waals surface area contributed by atoms with Gasteiger partial charge in [-0.3, -0.25) is 14.6 Å². The van der Waals surface area contributed by atoms with Crippen LogP contribution in [0.5, 0.6) is 0 Å². The molecular formula is C18H18N2O3. The van der Waals surface area contributed by atoms with Crippen molar-refractivity contribution in [3.63, 3.8) is 0 Å². The van der Waals surface area contributed by atoms with Crippen LogP contribution in [0.1, 0.15) is 34.5 Å². The average Bonchev–Trinajstić information content (AvgIpc) is 3.20. The Hall–Kier alpha value is -2.43. The Bertz CT molecular complexity index is 815. The minimum absolute atomic E-state index is 0.0366. The molecule has 1 N–H and O–H groups in total. The zero-order chi connectivity index (χ0) is 16.0. The Balaban J connectivity index is 1.79. The lowest BCUT2D eigenvalue weighted by Crippen LogP contribution is -2.31. The number of aromatic nitrogens is 1. The number of aryl methyl sites for hydroxylation is 1. The molecule has 5 nitrogen and oxygen atoms in total. The third kappa shape index (κ3) is 2.27. The van der Waals surface area contributed by atoms with Gasteiger partial charge in [0.1, 0.15) is 0 Å². The Morgan fingerprint density at radius 3 is 2.83 bits per heavy atom. The van der Waals surface area contributed by atoms with Crippen LogP contribution in [0.3, 0.4) is 0 Å². The van der Waals surface area contributed by atoms with Crippen LogP contribution in [-0.4, -0.2) is 40.0 Å². The van der Waals surface area contributed by atoms with Crippen LogP contribution < -0.4 is 0 Å². The van der Waals surface area contributed by atoms with E-state index in [1.807, 2.05) is 24.3 Å². The maximum absolute atomic E-state index is 13.1. The quantitative estimate of drug-likeness (QED) is 0.923. The molecule has 23 heavy (non-hydrogen) atoms. The lowest BCUT2D eigenvalue weighted by atomic mass is 10.00. The van der Waals surface area contributed by atoms with Gasteiger partial charge in [0.25, 0.3) is 5.91 Å². The fourth-order valence-electron chi connectivity index (χ4n) is 3.76. The van der Waals surface area contributed by atoms with E-state index in [-0.39, 0.29) is 5.91 Å². The lowest BCUT2D eigenvalue weighted by Gasteiger charge is -2.19. The van der Waals surface area contributed by atoms with Crippen LogP contribution in [0.4, 0.5) is 0 Å². The highest BCUT2D eigenvalue weighted by Crippen LogP contribution is 2.32. The molecule has 1 amide bonds. The molecule has 1 saturated heterocycles. The van der Waals surface area contributed by atoms with Crippen LogP contribution in [0.2, 0.25) is 0 Å². The van der Waals surface area contributed by atoms with Gasteiger partial charge < -0.3 is 10.0 Å². The first-order valence-electron chi connectivity index (χ1n) is 8.07. The molecule has 0 saturated carbocycles. The van der Waals surface area contributed by atoms with Crippen molar-refractivity contribution < 1.29 is 14.7 Å². The van der Waals surface area contributed by atoms with Crippen molar-refractivity contribution in [3.05, 3.63) is 41.1 Å². The van der Waals surface area contributed by atoms with E-state index in [2.05, 4.69) is 0 Å². The maximum Gasteiger partial charge on any atom is 0.308 e. The first-order chi connectivity index (χ1) is 11.1. The van der Waals surface area contributed by atoms with Gasteiger partial charge in [-0.05, 0) is 37.3 Å². The Kier molecular flexibility index (Phi) is 3.29. The van der Waals surface area contributed by atoms with E-state index in [1.54, 1.807) is 4.90 Å². The topological polar surface area (TPSA) is 70.5 Å². The molecule has 1 aliphatic carbocycles. The third-order valence-corrected chi connectivity index (χ3v) is 4.96. The predicted octanol–water partition coefficient (Wildman–Crippen LogP) is 2.27. The number of carbonyl (C=O) groups excluding carboxylic acids is 1. The first-order valence-corrected chi connectivity index (χ1v) is 8.07. The summed E-state index contributed by atoms with van der Waals surface area (Å²) >= 11 is 0. The van der Waals surface area contributed by atoms with E-state index in [0.717, 1.165) is 47.0 Å². The van der Waals surface area contributed by atoms with E-state index in [9.17, 15) is 9.59 Å². The maximum atomic E-state index is 13.1. The summed E-state index contributed by atoms with van der Waals surface area (Å²) < 4.78 is 0. The van der Waals surface area contributed by atoms with Crippen LogP contribution in [0, 0.1) is 5.92 Å². The molecule has 0 spiro atoms. The number of pyridine rings is 1. The normalized spacial score (nSPS) is 20.0. The number of carbonyl (C=O) groups is 2. The van der Waals surface area contributed by atoms with Gasteiger partial charge in [0.05, 0.1) is 17.0 Å².